The van der Waals surface area contributed by atoms with Crippen LogP contribution in [0, 0.1) is 0 Å². The zero-order valence-electron chi connectivity index (χ0n) is 5.93. The lowest BCUT2D eigenvalue weighted by molar-refractivity contribution is 0.904. The first-order chi connectivity index (χ1) is 5.40. The summed E-state index contributed by atoms with van der Waals surface area (Å²) in [4.78, 5) is 8.11. The van der Waals surface area contributed by atoms with Crippen LogP contribution in [-0.4, -0.2) is 25.8 Å². The van der Waals surface area contributed by atoms with E-state index in [1.54, 1.807) is 22.5 Å². The van der Waals surface area contributed by atoms with Gasteiger partial charge in [0.2, 0.25) is 0 Å². The maximum Gasteiger partial charge on any atom is 0.173 e. The van der Waals surface area contributed by atoms with E-state index in [9.17, 15) is 0 Å². The number of hydrogen-bond acceptors (Lipinski definition) is 4. The average Bonchev–Trinajstić information content (AvgIpc) is 2.50. The molecule has 0 radical (unpaired) electrons. The van der Waals surface area contributed by atoms with Gasteiger partial charge in [-0.1, -0.05) is 0 Å². The minimum atomic E-state index is 0.780. The molecule has 0 aliphatic carbocycles. The second kappa shape index (κ2) is 2.50. The molecule has 0 amide bonds. The van der Waals surface area contributed by atoms with Crippen molar-refractivity contribution in [3.8, 4) is 0 Å². The molecule has 4 nitrogen and oxygen atoms in total. The van der Waals surface area contributed by atoms with E-state index in [4.69, 9.17) is 0 Å². The predicted octanol–water partition coefficient (Wildman–Crippen LogP) is 0.846. The monoisotopic (exact) mass is 166 g/mol. The molecular weight excluding hydrogens is 160 g/mol. The molecule has 2 rings (SSSR count). The number of nitrogens with zero attached hydrogens (tertiary/aromatic N) is 4. The van der Waals surface area contributed by atoms with Crippen LogP contribution in [0.15, 0.2) is 23.7 Å². The van der Waals surface area contributed by atoms with Crippen molar-refractivity contribution >= 4 is 17.4 Å². The van der Waals surface area contributed by atoms with Gasteiger partial charge in [0, 0.05) is 0 Å². The highest BCUT2D eigenvalue weighted by Gasteiger charge is 1.95. The van der Waals surface area contributed by atoms with Gasteiger partial charge in [-0.2, -0.15) is 5.10 Å². The highest BCUT2D eigenvalue weighted by atomic mass is 32.2. The lowest BCUT2D eigenvalue weighted by atomic mass is 10.7. The standard InChI is InChI=1S/C6H6N4S/c1-11-6-3-10-5(2-7-6)8-4-9-10/h2-4H,1H3. The van der Waals surface area contributed by atoms with Crippen molar-refractivity contribution in [3.63, 3.8) is 0 Å². The zero-order valence-corrected chi connectivity index (χ0v) is 6.75. The van der Waals surface area contributed by atoms with Gasteiger partial charge >= 0.3 is 0 Å². The Balaban J connectivity index is 2.67. The summed E-state index contributed by atoms with van der Waals surface area (Å²) in [5.41, 5.74) is 0.780. The zero-order chi connectivity index (χ0) is 7.68. The van der Waals surface area contributed by atoms with Crippen molar-refractivity contribution in [1.29, 1.82) is 0 Å². The molecule has 0 saturated carbocycles. The fourth-order valence-corrected chi connectivity index (χ4v) is 1.18. The Labute approximate surface area is 67.7 Å². The Kier molecular flexibility index (Phi) is 1.50. The molecule has 5 heteroatoms. The fourth-order valence-electron chi connectivity index (χ4n) is 0.816. The second-order valence-corrected chi connectivity index (χ2v) is 2.82. The molecule has 11 heavy (non-hydrogen) atoms. The Bertz CT molecular complexity index is 369. The molecule has 0 aliphatic rings. The van der Waals surface area contributed by atoms with Crippen LogP contribution in [-0.2, 0) is 0 Å². The maximum absolute atomic E-state index is 4.14. The molecule has 0 aromatic carbocycles. The van der Waals surface area contributed by atoms with Gasteiger partial charge in [0.15, 0.2) is 5.65 Å². The number of rotatable bonds is 1. The quantitative estimate of drug-likeness (QED) is 0.589. The molecule has 2 aromatic heterocycles. The molecule has 0 saturated heterocycles. The van der Waals surface area contributed by atoms with Crippen molar-refractivity contribution in [1.82, 2.24) is 19.6 Å². The summed E-state index contributed by atoms with van der Waals surface area (Å²) in [5, 5.41) is 4.93. The third-order valence-corrected chi connectivity index (χ3v) is 1.98. The van der Waals surface area contributed by atoms with Crippen LogP contribution in [0.25, 0.3) is 5.65 Å². The molecule has 0 aliphatic heterocycles. The van der Waals surface area contributed by atoms with Crippen molar-refractivity contribution in [2.45, 2.75) is 5.03 Å². The summed E-state index contributed by atoms with van der Waals surface area (Å²) >= 11 is 1.59. The van der Waals surface area contributed by atoms with E-state index in [0.29, 0.717) is 0 Å². The van der Waals surface area contributed by atoms with Crippen LogP contribution < -0.4 is 0 Å². The fraction of sp³-hybridized carbons (Fsp3) is 0.167. The molecule has 0 bridgehead atoms. The Morgan fingerprint density at radius 3 is 3.18 bits per heavy atom. The summed E-state index contributed by atoms with van der Waals surface area (Å²) < 4.78 is 1.71. The van der Waals surface area contributed by atoms with Gasteiger partial charge in [0.1, 0.15) is 11.4 Å². The van der Waals surface area contributed by atoms with Crippen LogP contribution in [0.5, 0.6) is 0 Å². The third kappa shape index (κ3) is 1.07. The van der Waals surface area contributed by atoms with Gasteiger partial charge in [0.25, 0.3) is 0 Å². The second-order valence-electron chi connectivity index (χ2n) is 1.99. The summed E-state index contributed by atoms with van der Waals surface area (Å²) in [7, 11) is 0. The smallest absolute Gasteiger partial charge is 0.173 e. The number of aromatic nitrogens is 4. The first kappa shape index (κ1) is 6.60. The maximum atomic E-state index is 4.14. The van der Waals surface area contributed by atoms with Gasteiger partial charge in [-0.05, 0) is 6.26 Å². The minimum Gasteiger partial charge on any atom is -0.244 e. The molecule has 56 valence electrons. The van der Waals surface area contributed by atoms with Crippen molar-refractivity contribution in [2.75, 3.05) is 6.26 Å². The number of fused-ring (bicyclic) bond motifs is 1. The van der Waals surface area contributed by atoms with Crippen molar-refractivity contribution < 1.29 is 0 Å². The lowest BCUT2D eigenvalue weighted by Gasteiger charge is -1.93. The van der Waals surface area contributed by atoms with Gasteiger partial charge in [-0.15, -0.1) is 11.8 Å². The minimum absolute atomic E-state index is 0.780. The summed E-state index contributed by atoms with van der Waals surface area (Å²) in [5.74, 6) is 0. The summed E-state index contributed by atoms with van der Waals surface area (Å²) in [6, 6.07) is 0. The SMILES string of the molecule is CSc1cn2ncnc2cn1. The van der Waals surface area contributed by atoms with Crippen LogP contribution in [0.4, 0.5) is 0 Å². The molecule has 0 N–H and O–H groups in total. The molecule has 0 unspecified atom stereocenters. The van der Waals surface area contributed by atoms with E-state index < -0.39 is 0 Å². The summed E-state index contributed by atoms with van der Waals surface area (Å²) in [6.45, 7) is 0. The van der Waals surface area contributed by atoms with Gasteiger partial charge < -0.3 is 0 Å². The first-order valence-electron chi connectivity index (χ1n) is 3.09. The van der Waals surface area contributed by atoms with Crippen molar-refractivity contribution in [3.05, 3.63) is 18.7 Å². The van der Waals surface area contributed by atoms with E-state index in [1.807, 2.05) is 12.5 Å². The van der Waals surface area contributed by atoms with E-state index in [-0.39, 0.29) is 0 Å². The summed E-state index contributed by atoms with van der Waals surface area (Å²) in [6.07, 6.45) is 7.05. The third-order valence-electron chi connectivity index (χ3n) is 1.35. The Hall–Kier alpha value is -1.10. The largest absolute Gasteiger partial charge is 0.244 e. The lowest BCUT2D eigenvalue weighted by Crippen LogP contribution is -1.89. The van der Waals surface area contributed by atoms with E-state index in [0.717, 1.165) is 10.7 Å². The van der Waals surface area contributed by atoms with Crippen LogP contribution in [0.3, 0.4) is 0 Å². The average molecular weight is 166 g/mol. The molecule has 0 fully saturated rings. The number of hydrogen-bond donors (Lipinski definition) is 0. The topological polar surface area (TPSA) is 43.1 Å². The Morgan fingerprint density at radius 1 is 1.45 bits per heavy atom. The van der Waals surface area contributed by atoms with Gasteiger partial charge in [-0.3, -0.25) is 0 Å². The van der Waals surface area contributed by atoms with Gasteiger partial charge in [0.05, 0.1) is 12.4 Å². The molecule has 2 aromatic rings. The van der Waals surface area contributed by atoms with Gasteiger partial charge in [-0.25, -0.2) is 14.5 Å². The molecule has 2 heterocycles. The molecule has 0 atom stereocenters. The highest BCUT2D eigenvalue weighted by molar-refractivity contribution is 7.98. The number of thioether (sulfide) groups is 1. The van der Waals surface area contributed by atoms with Crippen LogP contribution in [0.1, 0.15) is 0 Å². The van der Waals surface area contributed by atoms with Crippen LogP contribution in [0.2, 0.25) is 0 Å². The highest BCUT2D eigenvalue weighted by Crippen LogP contribution is 2.09. The normalized spacial score (nSPS) is 10.6. The first-order valence-corrected chi connectivity index (χ1v) is 4.32. The van der Waals surface area contributed by atoms with Crippen molar-refractivity contribution in [2.24, 2.45) is 0 Å². The predicted molar refractivity (Wildman–Crippen MR) is 42.6 cm³/mol. The van der Waals surface area contributed by atoms with E-state index >= 15 is 0 Å². The molecular formula is C6H6N4S. The van der Waals surface area contributed by atoms with E-state index in [2.05, 4.69) is 15.1 Å². The van der Waals surface area contributed by atoms with E-state index in [1.165, 1.54) is 6.33 Å². The Morgan fingerprint density at radius 2 is 2.36 bits per heavy atom. The van der Waals surface area contributed by atoms with Crippen LogP contribution >= 0.6 is 11.8 Å². The molecule has 0 spiro atoms.